The van der Waals surface area contributed by atoms with Gasteiger partial charge in [-0.05, 0) is 61.2 Å². The molecule has 0 spiro atoms. The van der Waals surface area contributed by atoms with E-state index in [0.29, 0.717) is 11.8 Å². The van der Waals surface area contributed by atoms with Crippen LogP contribution in [0.2, 0.25) is 5.02 Å². The molecule has 7 heteroatoms. The number of benzene rings is 2. The van der Waals surface area contributed by atoms with Crippen LogP contribution in [0.15, 0.2) is 52.3 Å². The molecule has 29 heavy (non-hydrogen) atoms. The lowest BCUT2D eigenvalue weighted by atomic mass is 9.98. The molecule has 2 aromatic carbocycles. The molecule has 0 aliphatic carbocycles. The fourth-order valence-electron chi connectivity index (χ4n) is 4.01. The molecule has 2 atom stereocenters. The van der Waals surface area contributed by atoms with E-state index < -0.39 is 5.97 Å². The Kier molecular flexibility index (Phi) is 8.23. The smallest absolute Gasteiger partial charge is 0.307 e. The monoisotopic (exact) mass is 469 g/mol. The van der Waals surface area contributed by atoms with E-state index in [9.17, 15) is 9.90 Å². The fourth-order valence-corrected chi connectivity index (χ4v) is 6.73. The third-order valence-corrected chi connectivity index (χ3v) is 8.18. The number of likely N-dealkylation sites (tertiary alicyclic amines) is 1. The molecule has 2 heterocycles. The number of carbonyl (C=O) groups is 1. The first-order valence-corrected chi connectivity index (χ1v) is 12.0. The summed E-state index contributed by atoms with van der Waals surface area (Å²) in [7, 11) is 0. The molecule has 0 aromatic heterocycles. The molecule has 1 unspecified atom stereocenters. The van der Waals surface area contributed by atoms with Gasteiger partial charge in [-0.2, -0.15) is 11.8 Å². The van der Waals surface area contributed by atoms with Crippen LogP contribution in [0.25, 0.3) is 0 Å². The number of fused-ring (bicyclic) bond motifs is 2. The van der Waals surface area contributed by atoms with Gasteiger partial charge in [0, 0.05) is 38.9 Å². The molecule has 4 rings (SSSR count). The van der Waals surface area contributed by atoms with Gasteiger partial charge < -0.3 is 10.0 Å². The number of carboxylic acids is 1. The Morgan fingerprint density at radius 3 is 2.90 bits per heavy atom. The zero-order chi connectivity index (χ0) is 19.5. The number of rotatable bonds is 5. The molecule has 2 aromatic rings. The maximum absolute atomic E-state index is 11.3. The van der Waals surface area contributed by atoms with Crippen LogP contribution in [0.3, 0.4) is 0 Å². The Morgan fingerprint density at radius 2 is 2.07 bits per heavy atom. The lowest BCUT2D eigenvalue weighted by molar-refractivity contribution is -0.143. The average Bonchev–Trinajstić information content (AvgIpc) is 2.84. The summed E-state index contributed by atoms with van der Waals surface area (Å²) in [5, 5.41) is 10.5. The van der Waals surface area contributed by atoms with Crippen LogP contribution < -0.4 is 0 Å². The number of thioether (sulfide) groups is 1. The first-order valence-electron chi connectivity index (χ1n) is 9.72. The van der Waals surface area contributed by atoms with Gasteiger partial charge in [-0.1, -0.05) is 41.6 Å². The Hall–Kier alpha value is -0.850. The van der Waals surface area contributed by atoms with E-state index >= 15 is 0 Å². The van der Waals surface area contributed by atoms with Crippen LogP contribution in [-0.2, 0) is 11.2 Å². The molecule has 3 nitrogen and oxygen atoms in total. The van der Waals surface area contributed by atoms with E-state index in [1.54, 1.807) is 0 Å². The lowest BCUT2D eigenvalue weighted by Gasteiger charge is -2.30. The SMILES string of the molecule is Cl.O=C(O)C1CCCN(CCS[C@@H]2Cc3cc(Cl)ccc3Sc3ccccc32)C1. The summed E-state index contributed by atoms with van der Waals surface area (Å²) in [6.07, 6.45) is 2.77. The second kappa shape index (κ2) is 10.5. The van der Waals surface area contributed by atoms with Crippen LogP contribution in [0.5, 0.6) is 0 Å². The predicted molar refractivity (Wildman–Crippen MR) is 125 cm³/mol. The van der Waals surface area contributed by atoms with E-state index in [1.807, 2.05) is 29.6 Å². The highest BCUT2D eigenvalue weighted by Crippen LogP contribution is 2.46. The standard InChI is InChI=1S/C22H24ClNO2S2.ClH/c23-17-7-8-19-16(12-17)13-21(18-5-1-2-6-20(18)28-19)27-11-10-24-9-3-4-15(14-24)22(25)26;/h1-2,5-8,12,15,21H,3-4,9-11,13-14H2,(H,25,26);1H/t15?,21-;/m1./s1. The minimum absolute atomic E-state index is 0. The minimum atomic E-state index is -0.652. The molecule has 0 radical (unpaired) electrons. The molecule has 0 saturated carbocycles. The van der Waals surface area contributed by atoms with Crippen molar-refractivity contribution < 1.29 is 9.90 Å². The van der Waals surface area contributed by atoms with Crippen molar-refractivity contribution >= 4 is 53.5 Å². The predicted octanol–water partition coefficient (Wildman–Crippen LogP) is 6.04. The maximum Gasteiger partial charge on any atom is 0.307 e. The molecule has 156 valence electrons. The van der Waals surface area contributed by atoms with Gasteiger partial charge in [0.15, 0.2) is 0 Å². The zero-order valence-electron chi connectivity index (χ0n) is 16.1. The number of halogens is 2. The molecular weight excluding hydrogens is 445 g/mol. The van der Waals surface area contributed by atoms with Crippen molar-refractivity contribution in [1.29, 1.82) is 0 Å². The van der Waals surface area contributed by atoms with Gasteiger partial charge in [-0.3, -0.25) is 4.79 Å². The third-order valence-electron chi connectivity index (χ3n) is 5.49. The summed E-state index contributed by atoms with van der Waals surface area (Å²) >= 11 is 10.1. The summed E-state index contributed by atoms with van der Waals surface area (Å²) in [5.41, 5.74) is 2.71. The number of piperidine rings is 1. The topological polar surface area (TPSA) is 40.5 Å². The van der Waals surface area contributed by atoms with Gasteiger partial charge in [0.1, 0.15) is 0 Å². The second-order valence-corrected chi connectivity index (χ2v) is 10.3. The van der Waals surface area contributed by atoms with Crippen LogP contribution >= 0.6 is 47.5 Å². The van der Waals surface area contributed by atoms with Crippen LogP contribution in [0, 0.1) is 5.92 Å². The first kappa shape index (κ1) is 22.8. The highest BCUT2D eigenvalue weighted by atomic mass is 35.5. The summed E-state index contributed by atoms with van der Waals surface area (Å²) in [4.78, 5) is 16.2. The Balaban J connectivity index is 0.00000240. The normalized spacial score (nSPS) is 21.4. The second-order valence-electron chi connectivity index (χ2n) is 7.43. The molecule has 0 bridgehead atoms. The highest BCUT2D eigenvalue weighted by Gasteiger charge is 2.26. The molecule has 0 amide bonds. The molecule has 1 N–H and O–H groups in total. The summed E-state index contributed by atoms with van der Waals surface area (Å²) < 4.78 is 0. The number of carboxylic acid groups (broad SMARTS) is 1. The van der Waals surface area contributed by atoms with Gasteiger partial charge in [0.25, 0.3) is 0 Å². The van der Waals surface area contributed by atoms with Crippen molar-refractivity contribution in [3.8, 4) is 0 Å². The van der Waals surface area contributed by atoms with Crippen LogP contribution in [-0.4, -0.2) is 41.4 Å². The lowest BCUT2D eigenvalue weighted by Crippen LogP contribution is -2.39. The third kappa shape index (κ3) is 5.65. The number of hydrogen-bond acceptors (Lipinski definition) is 4. The maximum atomic E-state index is 11.3. The number of hydrogen-bond donors (Lipinski definition) is 1. The minimum Gasteiger partial charge on any atom is -0.481 e. The van der Waals surface area contributed by atoms with Crippen molar-refractivity contribution in [2.45, 2.75) is 34.3 Å². The molecule has 2 aliphatic heterocycles. The van der Waals surface area contributed by atoms with Gasteiger partial charge >= 0.3 is 5.97 Å². The van der Waals surface area contributed by atoms with Crippen molar-refractivity contribution in [2.24, 2.45) is 5.92 Å². The number of aliphatic carboxylic acids is 1. The summed E-state index contributed by atoms with van der Waals surface area (Å²) in [6.45, 7) is 2.65. The Morgan fingerprint density at radius 1 is 1.24 bits per heavy atom. The molecule has 1 saturated heterocycles. The zero-order valence-corrected chi connectivity index (χ0v) is 19.3. The molecular formula is C22H25Cl2NO2S2. The fraction of sp³-hybridized carbons (Fsp3) is 0.409. The van der Waals surface area contributed by atoms with Crippen molar-refractivity contribution in [2.75, 3.05) is 25.4 Å². The number of nitrogens with zero attached hydrogens (tertiary/aromatic N) is 1. The van der Waals surface area contributed by atoms with E-state index in [2.05, 4.69) is 41.3 Å². The quantitative estimate of drug-likeness (QED) is 0.577. The average molecular weight is 470 g/mol. The van der Waals surface area contributed by atoms with E-state index in [0.717, 1.165) is 43.1 Å². The van der Waals surface area contributed by atoms with Crippen molar-refractivity contribution in [1.82, 2.24) is 4.90 Å². The van der Waals surface area contributed by atoms with E-state index in [4.69, 9.17) is 11.6 Å². The van der Waals surface area contributed by atoms with Crippen molar-refractivity contribution in [3.05, 3.63) is 58.6 Å². The summed E-state index contributed by atoms with van der Waals surface area (Å²) in [5.74, 6) is 0.148. The first-order chi connectivity index (χ1) is 13.6. The largest absolute Gasteiger partial charge is 0.481 e. The molecule has 2 aliphatic rings. The Bertz CT molecular complexity index is 864. The highest BCUT2D eigenvalue weighted by molar-refractivity contribution is 8.00. The van der Waals surface area contributed by atoms with Gasteiger partial charge in [-0.15, -0.1) is 12.4 Å². The van der Waals surface area contributed by atoms with Crippen molar-refractivity contribution in [3.63, 3.8) is 0 Å². The Labute approximate surface area is 192 Å². The van der Waals surface area contributed by atoms with E-state index in [-0.39, 0.29) is 18.3 Å². The van der Waals surface area contributed by atoms with Crippen LogP contribution in [0.4, 0.5) is 0 Å². The summed E-state index contributed by atoms with van der Waals surface area (Å²) in [6, 6.07) is 14.9. The molecule has 1 fully saturated rings. The van der Waals surface area contributed by atoms with Crippen LogP contribution in [0.1, 0.15) is 29.2 Å². The van der Waals surface area contributed by atoms with E-state index in [1.165, 1.54) is 20.9 Å². The van der Waals surface area contributed by atoms with Gasteiger partial charge in [-0.25, -0.2) is 0 Å². The van der Waals surface area contributed by atoms with Gasteiger partial charge in [0.2, 0.25) is 0 Å². The van der Waals surface area contributed by atoms with Gasteiger partial charge in [0.05, 0.1) is 5.92 Å².